The molecule has 2 heterocycles. The lowest BCUT2D eigenvalue weighted by molar-refractivity contribution is -0.274. The van der Waals surface area contributed by atoms with Crippen LogP contribution < -0.4 is 15.1 Å². The first-order valence-corrected chi connectivity index (χ1v) is 14.0. The summed E-state index contributed by atoms with van der Waals surface area (Å²) in [6, 6.07) is 17.1. The number of urea groups is 1. The van der Waals surface area contributed by atoms with Gasteiger partial charge in [-0.3, -0.25) is 14.5 Å². The molecule has 0 atom stereocenters. The number of nitrogens with zero attached hydrogens (tertiary/aromatic N) is 5. The molecule has 0 saturated carbocycles. The number of nitrogens with one attached hydrogen (secondary N) is 1. The molecule has 0 radical (unpaired) electrons. The molecule has 4 aromatic rings. The lowest BCUT2D eigenvalue weighted by Gasteiger charge is -2.18. The standard InChI is InChI=1S/C28H22ClF3N6O4S/c1-17-2-11-22(29)23(14-17)38-24(39)15-43-27(38)34-26(40)36-41-13-12-18-3-5-19(6-4-18)25-33-16-37(35-25)20-7-9-21(10-8-20)42-28(30,31)32/h2-11,14,16H,12-13,15H2,1H3,(H,36,40). The summed E-state index contributed by atoms with van der Waals surface area (Å²) in [6.45, 7) is 2.03. The van der Waals surface area contributed by atoms with Crippen LogP contribution in [0.15, 0.2) is 78.0 Å². The number of thioether (sulfide) groups is 1. The van der Waals surface area contributed by atoms with E-state index in [-0.39, 0.29) is 29.2 Å². The summed E-state index contributed by atoms with van der Waals surface area (Å²) in [5.41, 5.74) is 5.79. The fourth-order valence-electron chi connectivity index (χ4n) is 4.01. The summed E-state index contributed by atoms with van der Waals surface area (Å²) >= 11 is 7.40. The Bertz CT molecular complexity index is 1660. The van der Waals surface area contributed by atoms with E-state index in [2.05, 4.69) is 25.3 Å². The zero-order valence-corrected chi connectivity index (χ0v) is 23.9. The quantitative estimate of drug-likeness (QED) is 0.185. The SMILES string of the molecule is Cc1ccc(Cl)c(N2C(=O)CSC2=NC(=O)NOCCc2ccc(-c3ncn(-c4ccc(OC(F)(F)F)cc4)n3)cc2)c1. The Balaban J connectivity index is 1.12. The molecular weight excluding hydrogens is 609 g/mol. The molecule has 3 amide bonds. The lowest BCUT2D eigenvalue weighted by atomic mass is 10.1. The van der Waals surface area contributed by atoms with E-state index in [1.54, 1.807) is 12.1 Å². The summed E-state index contributed by atoms with van der Waals surface area (Å²) in [7, 11) is 0. The van der Waals surface area contributed by atoms with Gasteiger partial charge in [0.1, 0.15) is 12.1 Å². The van der Waals surface area contributed by atoms with Crippen molar-refractivity contribution in [2.45, 2.75) is 19.7 Å². The molecule has 222 valence electrons. The van der Waals surface area contributed by atoms with Crippen molar-refractivity contribution >= 4 is 46.2 Å². The summed E-state index contributed by atoms with van der Waals surface area (Å²) in [5, 5.41) is 4.96. The second kappa shape index (κ2) is 12.9. The van der Waals surface area contributed by atoms with E-state index in [1.165, 1.54) is 40.2 Å². The Morgan fingerprint density at radius 3 is 2.58 bits per heavy atom. The fourth-order valence-corrected chi connectivity index (χ4v) is 5.07. The zero-order valence-electron chi connectivity index (χ0n) is 22.3. The number of aliphatic imine (C=N–C) groups is 1. The fraction of sp³-hybridized carbons (Fsp3) is 0.179. The van der Waals surface area contributed by atoms with Crippen LogP contribution in [0.5, 0.6) is 5.75 Å². The number of amides is 3. The normalized spacial score (nSPS) is 14.4. The van der Waals surface area contributed by atoms with Crippen LogP contribution >= 0.6 is 23.4 Å². The number of hydrogen-bond acceptors (Lipinski definition) is 7. The minimum absolute atomic E-state index is 0.136. The molecule has 0 unspecified atom stereocenters. The summed E-state index contributed by atoms with van der Waals surface area (Å²) in [6.07, 6.45) is -2.83. The highest BCUT2D eigenvalue weighted by Crippen LogP contribution is 2.33. The highest BCUT2D eigenvalue weighted by Gasteiger charge is 2.32. The van der Waals surface area contributed by atoms with Crippen molar-refractivity contribution in [3.05, 3.63) is 89.2 Å². The molecule has 1 aliphatic rings. The molecule has 5 rings (SSSR count). The number of ether oxygens (including phenoxy) is 1. The summed E-state index contributed by atoms with van der Waals surface area (Å²) in [5.74, 6) is -0.00171. The average Bonchev–Trinajstić information content (AvgIpc) is 3.59. The van der Waals surface area contributed by atoms with E-state index in [0.29, 0.717) is 28.6 Å². The number of hydroxylamine groups is 1. The number of carbonyl (C=O) groups excluding carboxylic acids is 2. The molecular formula is C28H22ClF3N6O4S. The van der Waals surface area contributed by atoms with Gasteiger partial charge in [-0.2, -0.15) is 4.99 Å². The van der Waals surface area contributed by atoms with Gasteiger partial charge in [0, 0.05) is 5.56 Å². The minimum Gasteiger partial charge on any atom is -0.406 e. The molecule has 1 aromatic heterocycles. The van der Waals surface area contributed by atoms with Gasteiger partial charge in [0.25, 0.3) is 0 Å². The maximum absolute atomic E-state index is 12.4. The van der Waals surface area contributed by atoms with Gasteiger partial charge in [-0.15, -0.1) is 18.3 Å². The lowest BCUT2D eigenvalue weighted by Crippen LogP contribution is -2.31. The van der Waals surface area contributed by atoms with Gasteiger partial charge in [-0.1, -0.05) is 53.7 Å². The van der Waals surface area contributed by atoms with E-state index in [9.17, 15) is 22.8 Å². The molecule has 1 N–H and O–H groups in total. The number of hydrogen-bond donors (Lipinski definition) is 1. The topological polar surface area (TPSA) is 111 Å². The molecule has 1 fully saturated rings. The van der Waals surface area contributed by atoms with Crippen LogP contribution in [0.3, 0.4) is 0 Å². The molecule has 10 nitrogen and oxygen atoms in total. The minimum atomic E-state index is -4.76. The third-order valence-corrected chi connectivity index (χ3v) is 7.24. The number of benzene rings is 3. The van der Waals surface area contributed by atoms with E-state index in [1.807, 2.05) is 37.3 Å². The predicted molar refractivity (Wildman–Crippen MR) is 155 cm³/mol. The van der Waals surface area contributed by atoms with Gasteiger partial charge in [-0.25, -0.2) is 19.9 Å². The van der Waals surface area contributed by atoms with Crippen molar-refractivity contribution in [3.63, 3.8) is 0 Å². The van der Waals surface area contributed by atoms with E-state index in [0.717, 1.165) is 28.5 Å². The van der Waals surface area contributed by atoms with Gasteiger partial charge in [0.15, 0.2) is 11.0 Å². The third-order valence-electron chi connectivity index (χ3n) is 6.00. The number of anilines is 1. The monoisotopic (exact) mass is 630 g/mol. The Morgan fingerprint density at radius 1 is 1.12 bits per heavy atom. The maximum Gasteiger partial charge on any atom is 0.573 e. The van der Waals surface area contributed by atoms with Crippen LogP contribution in [0.2, 0.25) is 5.02 Å². The van der Waals surface area contributed by atoms with Crippen molar-refractivity contribution in [1.29, 1.82) is 0 Å². The second-order valence-corrected chi connectivity index (χ2v) is 10.5. The van der Waals surface area contributed by atoms with Crippen molar-refractivity contribution < 1.29 is 32.3 Å². The number of halogens is 4. The summed E-state index contributed by atoms with van der Waals surface area (Å²) in [4.78, 5) is 39.6. The Hall–Kier alpha value is -4.40. The van der Waals surface area contributed by atoms with Gasteiger partial charge in [0.05, 0.1) is 28.8 Å². The van der Waals surface area contributed by atoms with Crippen LogP contribution in [0.25, 0.3) is 17.1 Å². The van der Waals surface area contributed by atoms with Gasteiger partial charge in [0.2, 0.25) is 5.91 Å². The Morgan fingerprint density at radius 2 is 1.86 bits per heavy atom. The van der Waals surface area contributed by atoms with Crippen molar-refractivity contribution in [1.82, 2.24) is 20.2 Å². The molecule has 43 heavy (non-hydrogen) atoms. The third kappa shape index (κ3) is 7.71. The first kappa shape index (κ1) is 30.1. The van der Waals surface area contributed by atoms with Gasteiger partial charge in [-0.05, 0) is 60.9 Å². The van der Waals surface area contributed by atoms with Crippen molar-refractivity contribution in [3.8, 4) is 22.8 Å². The largest absolute Gasteiger partial charge is 0.573 e. The number of amidine groups is 1. The first-order valence-electron chi connectivity index (χ1n) is 12.7. The number of aromatic nitrogens is 3. The molecule has 0 aliphatic carbocycles. The highest BCUT2D eigenvalue weighted by atomic mass is 35.5. The molecule has 1 saturated heterocycles. The molecule has 3 aromatic carbocycles. The summed E-state index contributed by atoms with van der Waals surface area (Å²) < 4.78 is 42.4. The van der Waals surface area contributed by atoms with E-state index < -0.39 is 12.4 Å². The zero-order chi connectivity index (χ0) is 30.6. The van der Waals surface area contributed by atoms with Gasteiger partial charge >= 0.3 is 12.4 Å². The Labute approximate surface area is 252 Å². The molecule has 15 heteroatoms. The van der Waals surface area contributed by atoms with Crippen LogP contribution in [-0.2, 0) is 16.1 Å². The number of alkyl halides is 3. The second-order valence-electron chi connectivity index (χ2n) is 9.12. The number of carbonyl (C=O) groups is 2. The van der Waals surface area contributed by atoms with Crippen LogP contribution in [-0.4, -0.2) is 50.6 Å². The van der Waals surface area contributed by atoms with E-state index in [4.69, 9.17) is 16.4 Å². The van der Waals surface area contributed by atoms with Crippen molar-refractivity contribution in [2.24, 2.45) is 4.99 Å². The van der Waals surface area contributed by atoms with Gasteiger partial charge < -0.3 is 4.74 Å². The smallest absolute Gasteiger partial charge is 0.406 e. The predicted octanol–water partition coefficient (Wildman–Crippen LogP) is 6.11. The first-order chi connectivity index (χ1) is 20.6. The van der Waals surface area contributed by atoms with Crippen LogP contribution in [0, 0.1) is 6.92 Å². The number of aryl methyl sites for hydroxylation is 1. The Kier molecular flexibility index (Phi) is 8.99. The van der Waals surface area contributed by atoms with Crippen LogP contribution in [0.1, 0.15) is 11.1 Å². The molecule has 0 bridgehead atoms. The van der Waals surface area contributed by atoms with E-state index >= 15 is 0 Å². The highest BCUT2D eigenvalue weighted by molar-refractivity contribution is 8.15. The maximum atomic E-state index is 12.4. The van der Waals surface area contributed by atoms with Crippen molar-refractivity contribution in [2.75, 3.05) is 17.3 Å². The number of rotatable bonds is 8. The van der Waals surface area contributed by atoms with Crippen LogP contribution in [0.4, 0.5) is 23.7 Å². The molecule has 0 spiro atoms. The average molecular weight is 631 g/mol. The molecule has 1 aliphatic heterocycles.